The van der Waals surface area contributed by atoms with Crippen LogP contribution in [0.2, 0.25) is 0 Å². The molecular weight excluding hydrogens is 350 g/mol. The first-order valence-corrected chi connectivity index (χ1v) is 9.64. The summed E-state index contributed by atoms with van der Waals surface area (Å²) in [5, 5.41) is 22.2. The lowest BCUT2D eigenvalue weighted by atomic mass is 9.96. The van der Waals surface area contributed by atoms with Gasteiger partial charge in [0.15, 0.2) is 0 Å². The Labute approximate surface area is 163 Å². The van der Waals surface area contributed by atoms with Gasteiger partial charge in [0, 0.05) is 31.4 Å². The number of rotatable bonds is 2. The Bertz CT molecular complexity index is 1200. The fourth-order valence-electron chi connectivity index (χ4n) is 3.27. The van der Waals surface area contributed by atoms with E-state index in [1.54, 1.807) is 6.20 Å². The highest BCUT2D eigenvalue weighted by Crippen LogP contribution is 2.37. The third-order valence-corrected chi connectivity index (χ3v) is 5.46. The minimum Gasteiger partial charge on any atom is -0.192 e. The maximum Gasteiger partial charge on any atom is 0.101 e. The van der Waals surface area contributed by atoms with Gasteiger partial charge in [-0.3, -0.25) is 0 Å². The highest BCUT2D eigenvalue weighted by molar-refractivity contribution is 8.00. The maximum absolute atomic E-state index is 9.43. The molecule has 0 amide bonds. The Morgan fingerprint density at radius 3 is 2.44 bits per heavy atom. The average Bonchev–Trinajstić information content (AvgIpc) is 2.65. The van der Waals surface area contributed by atoms with E-state index in [0.717, 1.165) is 32.8 Å². The number of hydrogen-bond donors (Lipinski definition) is 0. The molecule has 132 valence electrons. The van der Waals surface area contributed by atoms with Gasteiger partial charge in [0.25, 0.3) is 0 Å². The zero-order valence-corrected chi connectivity index (χ0v) is 16.3. The summed E-state index contributed by atoms with van der Waals surface area (Å²) in [5.74, 6) is 0. The van der Waals surface area contributed by atoms with E-state index in [0.29, 0.717) is 5.56 Å². The molecule has 0 saturated heterocycles. The Kier molecular flexibility index (Phi) is 4.33. The summed E-state index contributed by atoms with van der Waals surface area (Å²) in [5.41, 5.74) is 2.52. The third kappa shape index (κ3) is 3.39. The van der Waals surface area contributed by atoms with Crippen LogP contribution in [0.1, 0.15) is 26.3 Å². The Morgan fingerprint density at radius 2 is 1.70 bits per heavy atom. The lowest BCUT2D eigenvalue weighted by Crippen LogP contribution is -2.06. The summed E-state index contributed by atoms with van der Waals surface area (Å²) in [7, 11) is 0. The van der Waals surface area contributed by atoms with Gasteiger partial charge < -0.3 is 0 Å². The molecule has 0 fully saturated rings. The molecule has 0 N–H and O–H groups in total. The molecule has 1 aromatic heterocycles. The van der Waals surface area contributed by atoms with Crippen LogP contribution in [0.5, 0.6) is 0 Å². The molecule has 0 radical (unpaired) electrons. The number of nitriles is 1. The molecular formula is C23H19N3S. The van der Waals surface area contributed by atoms with Gasteiger partial charge in [-0.1, -0.05) is 57.2 Å². The molecule has 27 heavy (non-hydrogen) atoms. The van der Waals surface area contributed by atoms with Crippen LogP contribution < -0.4 is 0 Å². The number of benzene rings is 3. The van der Waals surface area contributed by atoms with Crippen molar-refractivity contribution < 1.29 is 0 Å². The van der Waals surface area contributed by atoms with Gasteiger partial charge in [0.05, 0.1) is 17.8 Å². The molecule has 0 aliphatic rings. The second-order valence-electron chi connectivity index (χ2n) is 7.47. The highest BCUT2D eigenvalue weighted by Gasteiger charge is 2.15. The molecule has 0 unspecified atom stereocenters. The first-order chi connectivity index (χ1) is 13.0. The molecule has 0 aliphatic carbocycles. The van der Waals surface area contributed by atoms with Crippen LogP contribution in [0.4, 0.5) is 0 Å². The molecule has 0 aliphatic heterocycles. The smallest absolute Gasteiger partial charge is 0.101 e. The van der Waals surface area contributed by atoms with Crippen molar-refractivity contribution in [2.24, 2.45) is 0 Å². The second kappa shape index (κ2) is 6.68. The van der Waals surface area contributed by atoms with Crippen LogP contribution in [0, 0.1) is 11.3 Å². The van der Waals surface area contributed by atoms with E-state index in [9.17, 15) is 5.26 Å². The molecule has 4 heteroatoms. The van der Waals surface area contributed by atoms with Crippen molar-refractivity contribution in [1.82, 2.24) is 10.2 Å². The molecule has 4 aromatic rings. The van der Waals surface area contributed by atoms with Gasteiger partial charge >= 0.3 is 0 Å². The zero-order chi connectivity index (χ0) is 19.0. The minimum atomic E-state index is 0.134. The van der Waals surface area contributed by atoms with Gasteiger partial charge in [0.1, 0.15) is 5.69 Å². The summed E-state index contributed by atoms with van der Waals surface area (Å²) in [6.45, 7) is 6.63. The lowest BCUT2D eigenvalue weighted by Gasteiger charge is -2.18. The number of hydrogen-bond acceptors (Lipinski definition) is 4. The fourth-order valence-corrected chi connectivity index (χ4v) is 4.29. The van der Waals surface area contributed by atoms with Crippen LogP contribution in [0.25, 0.3) is 32.8 Å². The molecule has 4 rings (SSSR count). The SMILES string of the molecule is CC(C)(C)Sc1ccc2cnnc(-c3ccc(C#N)c4ccccc34)c2c1. The number of fused-ring (bicyclic) bond motifs is 2. The molecule has 3 aromatic carbocycles. The van der Waals surface area contributed by atoms with Gasteiger partial charge in [-0.2, -0.15) is 10.4 Å². The monoisotopic (exact) mass is 369 g/mol. The van der Waals surface area contributed by atoms with Crippen LogP contribution in [0.15, 0.2) is 65.7 Å². The van der Waals surface area contributed by atoms with Crippen molar-refractivity contribution in [3.63, 3.8) is 0 Å². The van der Waals surface area contributed by atoms with E-state index < -0.39 is 0 Å². The van der Waals surface area contributed by atoms with Crippen molar-refractivity contribution >= 4 is 33.3 Å². The van der Waals surface area contributed by atoms with Crippen molar-refractivity contribution in [3.8, 4) is 17.3 Å². The van der Waals surface area contributed by atoms with Crippen molar-refractivity contribution in [3.05, 3.63) is 66.4 Å². The fraction of sp³-hybridized carbons (Fsp3) is 0.174. The highest BCUT2D eigenvalue weighted by atomic mass is 32.2. The summed E-state index contributed by atoms with van der Waals surface area (Å²) < 4.78 is 0.134. The summed E-state index contributed by atoms with van der Waals surface area (Å²) in [6, 6.07) is 20.5. The summed E-state index contributed by atoms with van der Waals surface area (Å²) in [4.78, 5) is 1.21. The summed E-state index contributed by atoms with van der Waals surface area (Å²) in [6.07, 6.45) is 1.80. The molecule has 1 heterocycles. The van der Waals surface area contributed by atoms with Crippen LogP contribution in [-0.2, 0) is 0 Å². The average molecular weight is 369 g/mol. The summed E-state index contributed by atoms with van der Waals surface area (Å²) >= 11 is 1.84. The molecule has 3 nitrogen and oxygen atoms in total. The predicted octanol–water partition coefficient (Wildman–Crippen LogP) is 6.21. The third-order valence-electron chi connectivity index (χ3n) is 4.36. The predicted molar refractivity (Wildman–Crippen MR) is 113 cm³/mol. The number of nitrogens with zero attached hydrogens (tertiary/aromatic N) is 3. The number of aromatic nitrogens is 2. The first-order valence-electron chi connectivity index (χ1n) is 8.83. The van der Waals surface area contributed by atoms with Crippen LogP contribution in [-0.4, -0.2) is 14.9 Å². The largest absolute Gasteiger partial charge is 0.192 e. The van der Waals surface area contributed by atoms with Crippen molar-refractivity contribution in [2.45, 2.75) is 30.4 Å². The van der Waals surface area contributed by atoms with E-state index in [4.69, 9.17) is 0 Å². The normalized spacial score (nSPS) is 11.6. The lowest BCUT2D eigenvalue weighted by molar-refractivity contribution is 0.803. The topological polar surface area (TPSA) is 49.6 Å². The van der Waals surface area contributed by atoms with Crippen molar-refractivity contribution in [1.29, 1.82) is 5.26 Å². The van der Waals surface area contributed by atoms with Gasteiger partial charge in [-0.25, -0.2) is 0 Å². The van der Waals surface area contributed by atoms with Gasteiger partial charge in [-0.15, -0.1) is 16.9 Å². The second-order valence-corrected chi connectivity index (χ2v) is 9.38. The van der Waals surface area contributed by atoms with E-state index in [1.807, 2.05) is 48.2 Å². The molecule has 0 bridgehead atoms. The maximum atomic E-state index is 9.43. The first kappa shape index (κ1) is 17.5. The van der Waals surface area contributed by atoms with Crippen LogP contribution >= 0.6 is 11.8 Å². The molecule has 0 atom stereocenters. The van der Waals surface area contributed by atoms with Gasteiger partial charge in [-0.05, 0) is 23.6 Å². The Morgan fingerprint density at radius 1 is 0.926 bits per heavy atom. The van der Waals surface area contributed by atoms with E-state index in [2.05, 4.69) is 55.2 Å². The van der Waals surface area contributed by atoms with E-state index >= 15 is 0 Å². The standard InChI is InChI=1S/C23H19N3S/c1-23(2,3)27-17-10-8-16-14-25-26-22(21(16)12-17)20-11-9-15(13-24)18-6-4-5-7-19(18)20/h4-12,14H,1-3H3. The van der Waals surface area contributed by atoms with Crippen LogP contribution in [0.3, 0.4) is 0 Å². The van der Waals surface area contributed by atoms with Gasteiger partial charge in [0.2, 0.25) is 0 Å². The quantitative estimate of drug-likeness (QED) is 0.394. The van der Waals surface area contributed by atoms with E-state index in [-0.39, 0.29) is 4.75 Å². The minimum absolute atomic E-state index is 0.134. The number of thioether (sulfide) groups is 1. The van der Waals surface area contributed by atoms with E-state index in [1.165, 1.54) is 4.90 Å². The van der Waals surface area contributed by atoms with Crippen molar-refractivity contribution in [2.75, 3.05) is 0 Å². The Balaban J connectivity index is 1.98. The zero-order valence-electron chi connectivity index (χ0n) is 15.5. The molecule has 0 spiro atoms. The Hall–Kier alpha value is -2.90. The molecule has 0 saturated carbocycles.